The number of nitrogens with zero attached hydrogens (tertiary/aromatic N) is 3. The number of hydrogen-bond donors (Lipinski definition) is 1. The summed E-state index contributed by atoms with van der Waals surface area (Å²) < 4.78 is 70.1. The van der Waals surface area contributed by atoms with Crippen LogP contribution in [0, 0.1) is 0 Å². The zero-order valence-corrected chi connectivity index (χ0v) is 26.7. The van der Waals surface area contributed by atoms with Gasteiger partial charge >= 0.3 is 12.3 Å². The minimum Gasteiger partial charge on any atom is -0.465 e. The van der Waals surface area contributed by atoms with Crippen molar-refractivity contribution in [1.29, 1.82) is 0 Å². The number of carboxylic acid groups (broad SMARTS) is 1. The normalized spacial score (nSPS) is 17.1. The van der Waals surface area contributed by atoms with Crippen LogP contribution in [0.2, 0.25) is 0 Å². The molecule has 47 heavy (non-hydrogen) atoms. The summed E-state index contributed by atoms with van der Waals surface area (Å²) in [6.07, 6.45) is -4.23. The van der Waals surface area contributed by atoms with E-state index in [0.717, 1.165) is 23.3 Å². The first-order valence-electron chi connectivity index (χ1n) is 15.6. The number of sulfonamides is 1. The number of likely N-dealkylation sites (tertiary alicyclic amines) is 1. The van der Waals surface area contributed by atoms with Gasteiger partial charge in [-0.2, -0.15) is 13.2 Å². The molecular formula is C36H38F3N3O4S. The molecule has 1 amide bonds. The van der Waals surface area contributed by atoms with Gasteiger partial charge in [-0.3, -0.25) is 9.21 Å². The van der Waals surface area contributed by atoms with E-state index < -0.39 is 44.8 Å². The highest BCUT2D eigenvalue weighted by Crippen LogP contribution is 2.36. The van der Waals surface area contributed by atoms with E-state index in [1.165, 1.54) is 15.3 Å². The van der Waals surface area contributed by atoms with E-state index in [4.69, 9.17) is 0 Å². The lowest BCUT2D eigenvalue weighted by Gasteiger charge is -2.43. The zero-order valence-electron chi connectivity index (χ0n) is 25.8. The Morgan fingerprint density at radius 1 is 0.830 bits per heavy atom. The van der Waals surface area contributed by atoms with Gasteiger partial charge in [0.05, 0.1) is 16.1 Å². The Morgan fingerprint density at radius 3 is 1.96 bits per heavy atom. The molecule has 5 rings (SSSR count). The third kappa shape index (κ3) is 8.72. The van der Waals surface area contributed by atoms with E-state index in [1.807, 2.05) is 36.4 Å². The van der Waals surface area contributed by atoms with Gasteiger partial charge in [0.2, 0.25) is 0 Å². The van der Waals surface area contributed by atoms with E-state index in [-0.39, 0.29) is 19.4 Å². The Balaban J connectivity index is 1.37. The van der Waals surface area contributed by atoms with Crippen LogP contribution in [0.25, 0.3) is 0 Å². The highest BCUT2D eigenvalue weighted by Gasteiger charge is 2.40. The first kappa shape index (κ1) is 34.0. The predicted octanol–water partition coefficient (Wildman–Crippen LogP) is 7.89. The van der Waals surface area contributed by atoms with Crippen LogP contribution in [0.3, 0.4) is 0 Å². The first-order valence-corrected chi connectivity index (χ1v) is 17.0. The lowest BCUT2D eigenvalue weighted by atomic mass is 9.93. The van der Waals surface area contributed by atoms with Gasteiger partial charge in [-0.1, -0.05) is 84.9 Å². The molecule has 4 aromatic rings. The number of hydrogen-bond acceptors (Lipinski definition) is 4. The largest absolute Gasteiger partial charge is 0.465 e. The fraction of sp³-hybridized carbons (Fsp3) is 0.306. The number of para-hydroxylation sites is 1. The van der Waals surface area contributed by atoms with Gasteiger partial charge in [0, 0.05) is 31.7 Å². The van der Waals surface area contributed by atoms with Gasteiger partial charge in [0.15, 0.2) is 0 Å². The smallest absolute Gasteiger partial charge is 0.416 e. The molecule has 1 heterocycles. The lowest BCUT2D eigenvalue weighted by molar-refractivity contribution is -0.137. The average molecular weight is 666 g/mol. The Labute approximate surface area is 273 Å². The van der Waals surface area contributed by atoms with Crippen molar-refractivity contribution >= 4 is 21.8 Å². The molecule has 248 valence electrons. The summed E-state index contributed by atoms with van der Waals surface area (Å²) in [6, 6.07) is 31.1. The first-order chi connectivity index (χ1) is 22.5. The number of rotatable bonds is 12. The van der Waals surface area contributed by atoms with Gasteiger partial charge in [-0.15, -0.1) is 0 Å². The van der Waals surface area contributed by atoms with Crippen molar-refractivity contribution in [3.05, 3.63) is 132 Å². The third-order valence-corrected chi connectivity index (χ3v) is 10.4. The second-order valence-corrected chi connectivity index (χ2v) is 13.6. The number of piperidine rings is 1. The van der Waals surface area contributed by atoms with Crippen LogP contribution in [-0.2, 0) is 29.3 Å². The molecule has 4 aromatic carbocycles. The average Bonchev–Trinajstić information content (AvgIpc) is 3.06. The third-order valence-electron chi connectivity index (χ3n) is 8.50. The van der Waals surface area contributed by atoms with Crippen LogP contribution in [0.5, 0.6) is 0 Å². The summed E-state index contributed by atoms with van der Waals surface area (Å²) in [6.45, 7) is 2.21. The second kappa shape index (κ2) is 15.0. The van der Waals surface area contributed by atoms with Crippen LogP contribution in [0.4, 0.5) is 23.7 Å². The fourth-order valence-electron chi connectivity index (χ4n) is 6.28. The summed E-state index contributed by atoms with van der Waals surface area (Å²) in [7, 11) is -4.44. The van der Waals surface area contributed by atoms with E-state index in [0.29, 0.717) is 44.2 Å². The summed E-state index contributed by atoms with van der Waals surface area (Å²) in [5.41, 5.74) is 1.58. The van der Waals surface area contributed by atoms with Crippen molar-refractivity contribution < 1.29 is 31.5 Å². The van der Waals surface area contributed by atoms with E-state index in [1.54, 1.807) is 30.3 Å². The van der Waals surface area contributed by atoms with Gasteiger partial charge < -0.3 is 10.0 Å². The molecule has 0 radical (unpaired) electrons. The molecule has 0 bridgehead atoms. The van der Waals surface area contributed by atoms with Crippen LogP contribution in [0.15, 0.2) is 120 Å². The topological polar surface area (TPSA) is 81.2 Å². The summed E-state index contributed by atoms with van der Waals surface area (Å²) in [5, 5.41) is 10.1. The highest BCUT2D eigenvalue weighted by atomic mass is 32.2. The number of amides is 1. The SMILES string of the molecule is O=C(O)N1CC[C@H](N(c2ccccc2)S(=O)(=O)c2cccc(C(F)(F)F)c2)CC1CCCN(Cc1ccccc1)Cc1ccccc1. The van der Waals surface area contributed by atoms with Gasteiger partial charge in [-0.25, -0.2) is 13.2 Å². The summed E-state index contributed by atoms with van der Waals surface area (Å²) >= 11 is 0. The molecule has 0 aliphatic carbocycles. The Bertz CT molecular complexity index is 1670. The Morgan fingerprint density at radius 2 is 1.40 bits per heavy atom. The van der Waals surface area contributed by atoms with Crippen LogP contribution in [-0.4, -0.2) is 54.6 Å². The maximum Gasteiger partial charge on any atom is 0.416 e. The predicted molar refractivity (Wildman–Crippen MR) is 175 cm³/mol. The van der Waals surface area contributed by atoms with Crippen molar-refractivity contribution in [3.63, 3.8) is 0 Å². The lowest BCUT2D eigenvalue weighted by Crippen LogP contribution is -2.53. The molecule has 1 fully saturated rings. The minimum atomic E-state index is -4.71. The summed E-state index contributed by atoms with van der Waals surface area (Å²) in [5.74, 6) is 0. The molecule has 11 heteroatoms. The maximum atomic E-state index is 14.1. The quantitative estimate of drug-likeness (QED) is 0.167. The number of benzene rings is 4. The molecule has 0 saturated carbocycles. The Hall–Kier alpha value is -4.35. The Kier molecular flexibility index (Phi) is 10.9. The standard InChI is InChI=1S/C36H38F3N3O4S/c37-36(38,39)30-16-10-20-34(24-30)47(45,46)42(31-17-8-3-9-18-31)33-21-23-41(35(43)44)32(25-33)19-11-22-40(26-28-12-4-1-5-13-28)27-29-14-6-2-7-15-29/h1-10,12-18,20,24,32-33H,11,19,21-23,25-27H2,(H,43,44)/t32?,33-/m0/s1. The molecule has 7 nitrogen and oxygen atoms in total. The molecule has 0 spiro atoms. The van der Waals surface area contributed by atoms with Gasteiger partial charge in [0.25, 0.3) is 10.0 Å². The molecule has 1 saturated heterocycles. The molecular weight excluding hydrogens is 627 g/mol. The number of anilines is 1. The maximum absolute atomic E-state index is 14.1. The van der Waals surface area contributed by atoms with Crippen LogP contribution in [0.1, 0.15) is 42.4 Å². The zero-order chi connectivity index (χ0) is 33.4. The van der Waals surface area contributed by atoms with Gasteiger partial charge in [0.1, 0.15) is 0 Å². The van der Waals surface area contributed by atoms with Crippen LogP contribution >= 0.6 is 0 Å². The highest BCUT2D eigenvalue weighted by molar-refractivity contribution is 7.92. The van der Waals surface area contributed by atoms with Crippen LogP contribution < -0.4 is 4.31 Å². The van der Waals surface area contributed by atoms with Crippen molar-refractivity contribution in [2.45, 2.75) is 61.9 Å². The molecule has 1 aliphatic rings. The molecule has 1 N–H and O–H groups in total. The van der Waals surface area contributed by atoms with Gasteiger partial charge in [-0.05, 0) is 73.7 Å². The number of halogens is 3. The van der Waals surface area contributed by atoms with Crippen molar-refractivity contribution in [1.82, 2.24) is 9.80 Å². The molecule has 2 atom stereocenters. The summed E-state index contributed by atoms with van der Waals surface area (Å²) in [4.78, 5) is 15.5. The van der Waals surface area contributed by atoms with Crippen molar-refractivity contribution in [2.24, 2.45) is 0 Å². The number of carbonyl (C=O) groups is 1. The van der Waals surface area contributed by atoms with E-state index >= 15 is 0 Å². The van der Waals surface area contributed by atoms with Crippen molar-refractivity contribution in [2.75, 3.05) is 17.4 Å². The van der Waals surface area contributed by atoms with E-state index in [2.05, 4.69) is 29.2 Å². The second-order valence-electron chi connectivity index (χ2n) is 11.8. The number of alkyl halides is 3. The minimum absolute atomic E-state index is 0.101. The molecule has 1 unspecified atom stereocenters. The monoisotopic (exact) mass is 665 g/mol. The fourth-order valence-corrected chi connectivity index (χ4v) is 8.02. The molecule has 0 aromatic heterocycles. The molecule has 1 aliphatic heterocycles. The van der Waals surface area contributed by atoms with E-state index in [9.17, 15) is 31.5 Å². The van der Waals surface area contributed by atoms with Crippen molar-refractivity contribution in [3.8, 4) is 0 Å².